The van der Waals surface area contributed by atoms with E-state index < -0.39 is 0 Å². The van der Waals surface area contributed by atoms with Gasteiger partial charge in [-0.1, -0.05) is 0 Å². The second kappa shape index (κ2) is 4.02. The van der Waals surface area contributed by atoms with Gasteiger partial charge in [0.15, 0.2) is 0 Å². The van der Waals surface area contributed by atoms with E-state index in [1.807, 2.05) is 6.20 Å². The lowest BCUT2D eigenvalue weighted by atomic mass is 10.2. The Morgan fingerprint density at radius 2 is 2.29 bits per heavy atom. The quantitative estimate of drug-likeness (QED) is 0.742. The first-order chi connectivity index (χ1) is 6.75. The van der Waals surface area contributed by atoms with Gasteiger partial charge in [0.25, 0.3) is 0 Å². The normalized spacial score (nSPS) is 14.8. The first-order valence-electron chi connectivity index (χ1n) is 4.95. The van der Waals surface area contributed by atoms with Crippen molar-refractivity contribution in [3.63, 3.8) is 0 Å². The van der Waals surface area contributed by atoms with Crippen LogP contribution in [-0.4, -0.2) is 35.5 Å². The molecule has 76 valence electrons. The number of aromatic nitrogens is 2. The summed E-state index contributed by atoms with van der Waals surface area (Å²) >= 11 is 0. The van der Waals surface area contributed by atoms with E-state index in [9.17, 15) is 0 Å². The molecule has 4 nitrogen and oxygen atoms in total. The minimum atomic E-state index is 0.896. The lowest BCUT2D eigenvalue weighted by Gasteiger charge is -2.08. The Labute approximate surface area is 84.4 Å². The van der Waals surface area contributed by atoms with E-state index in [0.717, 1.165) is 31.9 Å². The first-order valence-corrected chi connectivity index (χ1v) is 4.95. The number of hydrogen-bond donors (Lipinski definition) is 1. The highest BCUT2D eigenvalue weighted by Crippen LogP contribution is 2.11. The molecule has 0 saturated heterocycles. The van der Waals surface area contributed by atoms with Gasteiger partial charge >= 0.3 is 0 Å². The molecular formula is C10H16N4. The van der Waals surface area contributed by atoms with Crippen LogP contribution >= 0.6 is 0 Å². The van der Waals surface area contributed by atoms with E-state index in [4.69, 9.17) is 0 Å². The fourth-order valence-corrected chi connectivity index (χ4v) is 1.54. The predicted octanol–water partition coefficient (Wildman–Crippen LogP) is 0.184. The van der Waals surface area contributed by atoms with Crippen LogP contribution in [-0.2, 0) is 19.5 Å². The van der Waals surface area contributed by atoms with Crippen LogP contribution in [0.2, 0.25) is 0 Å². The van der Waals surface area contributed by atoms with Gasteiger partial charge in [0.1, 0.15) is 5.82 Å². The third-order valence-corrected chi connectivity index (χ3v) is 2.39. The van der Waals surface area contributed by atoms with Gasteiger partial charge in [-0.05, 0) is 14.1 Å². The second-order valence-electron chi connectivity index (χ2n) is 3.91. The summed E-state index contributed by atoms with van der Waals surface area (Å²) < 4.78 is 0. The molecule has 1 aliphatic heterocycles. The fraction of sp³-hybridized carbons (Fsp3) is 0.600. The maximum absolute atomic E-state index is 4.52. The van der Waals surface area contributed by atoms with Gasteiger partial charge in [-0.25, -0.2) is 9.97 Å². The number of fused-ring (bicyclic) bond motifs is 1. The van der Waals surface area contributed by atoms with Gasteiger partial charge in [-0.2, -0.15) is 0 Å². The molecule has 0 bridgehead atoms. The van der Waals surface area contributed by atoms with E-state index in [1.54, 1.807) is 0 Å². The predicted molar refractivity (Wildman–Crippen MR) is 54.8 cm³/mol. The van der Waals surface area contributed by atoms with Gasteiger partial charge in [0.05, 0.1) is 5.69 Å². The summed E-state index contributed by atoms with van der Waals surface area (Å²) in [7, 11) is 4.13. The van der Waals surface area contributed by atoms with Crippen molar-refractivity contribution in [2.24, 2.45) is 0 Å². The van der Waals surface area contributed by atoms with Crippen LogP contribution in [0.25, 0.3) is 0 Å². The third kappa shape index (κ3) is 2.08. The highest BCUT2D eigenvalue weighted by Gasteiger charge is 2.12. The number of rotatable bonds is 3. The van der Waals surface area contributed by atoms with Crippen molar-refractivity contribution in [3.05, 3.63) is 23.3 Å². The van der Waals surface area contributed by atoms with Crippen LogP contribution in [0.5, 0.6) is 0 Å². The van der Waals surface area contributed by atoms with Crippen LogP contribution in [0.15, 0.2) is 6.20 Å². The molecule has 14 heavy (non-hydrogen) atoms. The zero-order valence-electron chi connectivity index (χ0n) is 8.75. The molecule has 0 aliphatic carbocycles. The van der Waals surface area contributed by atoms with Crippen molar-refractivity contribution in [2.75, 3.05) is 20.6 Å². The molecular weight excluding hydrogens is 176 g/mol. The molecule has 0 radical (unpaired) electrons. The van der Waals surface area contributed by atoms with E-state index in [0.29, 0.717) is 0 Å². The standard InChI is InChI=1S/C10H16N4/c1-14(2)4-3-10-12-6-8-5-11-7-9(8)13-10/h6,11H,3-5,7H2,1-2H3. The molecule has 0 unspecified atom stereocenters. The molecule has 4 heteroatoms. The van der Waals surface area contributed by atoms with Gasteiger partial charge in [0, 0.05) is 37.8 Å². The van der Waals surface area contributed by atoms with Gasteiger partial charge in [0.2, 0.25) is 0 Å². The fourth-order valence-electron chi connectivity index (χ4n) is 1.54. The largest absolute Gasteiger partial charge is 0.309 e. The number of nitrogens with zero attached hydrogens (tertiary/aromatic N) is 3. The zero-order valence-corrected chi connectivity index (χ0v) is 8.75. The topological polar surface area (TPSA) is 41.1 Å². The third-order valence-electron chi connectivity index (χ3n) is 2.39. The van der Waals surface area contributed by atoms with E-state index in [2.05, 4.69) is 34.3 Å². The van der Waals surface area contributed by atoms with Crippen LogP contribution < -0.4 is 5.32 Å². The SMILES string of the molecule is CN(C)CCc1ncc2c(n1)CNC2. The molecule has 0 saturated carbocycles. The second-order valence-corrected chi connectivity index (χ2v) is 3.91. The number of likely N-dealkylation sites (N-methyl/N-ethyl adjacent to an activating group) is 1. The molecule has 2 heterocycles. The molecule has 0 spiro atoms. The van der Waals surface area contributed by atoms with Crippen molar-refractivity contribution in [2.45, 2.75) is 19.5 Å². The Morgan fingerprint density at radius 1 is 1.43 bits per heavy atom. The molecule has 0 aromatic carbocycles. The molecule has 1 aliphatic rings. The summed E-state index contributed by atoms with van der Waals surface area (Å²) in [5, 5.41) is 3.27. The van der Waals surface area contributed by atoms with Crippen molar-refractivity contribution < 1.29 is 0 Å². The maximum Gasteiger partial charge on any atom is 0.129 e. The van der Waals surface area contributed by atoms with Crippen LogP contribution in [0.3, 0.4) is 0 Å². The summed E-state index contributed by atoms with van der Waals surface area (Å²) in [6.07, 6.45) is 2.88. The summed E-state index contributed by atoms with van der Waals surface area (Å²) in [5.74, 6) is 0.959. The Kier molecular flexibility index (Phi) is 2.74. The Balaban J connectivity index is 2.05. The van der Waals surface area contributed by atoms with Crippen LogP contribution in [0.4, 0.5) is 0 Å². The van der Waals surface area contributed by atoms with Crippen molar-refractivity contribution >= 4 is 0 Å². The Hall–Kier alpha value is -1.00. The molecule has 1 aromatic rings. The van der Waals surface area contributed by atoms with Gasteiger partial charge in [-0.3, -0.25) is 0 Å². The zero-order chi connectivity index (χ0) is 9.97. The molecule has 0 amide bonds. The van der Waals surface area contributed by atoms with Crippen molar-refractivity contribution in [3.8, 4) is 0 Å². The number of hydrogen-bond acceptors (Lipinski definition) is 4. The smallest absolute Gasteiger partial charge is 0.129 e. The first kappa shape index (κ1) is 9.55. The monoisotopic (exact) mass is 192 g/mol. The summed E-state index contributed by atoms with van der Waals surface area (Å²) in [6, 6.07) is 0. The van der Waals surface area contributed by atoms with Crippen molar-refractivity contribution in [1.29, 1.82) is 0 Å². The van der Waals surface area contributed by atoms with Crippen LogP contribution in [0.1, 0.15) is 17.1 Å². The van der Waals surface area contributed by atoms with E-state index >= 15 is 0 Å². The number of nitrogens with one attached hydrogen (secondary N) is 1. The molecule has 0 fully saturated rings. The average molecular weight is 192 g/mol. The summed E-state index contributed by atoms with van der Waals surface area (Å²) in [5.41, 5.74) is 2.42. The minimum absolute atomic E-state index is 0.896. The molecule has 0 atom stereocenters. The summed E-state index contributed by atoms with van der Waals surface area (Å²) in [6.45, 7) is 2.82. The molecule has 1 aromatic heterocycles. The highest BCUT2D eigenvalue weighted by molar-refractivity contribution is 5.21. The lowest BCUT2D eigenvalue weighted by Crippen LogP contribution is -2.16. The lowest BCUT2D eigenvalue weighted by molar-refractivity contribution is 0.409. The Bertz CT molecular complexity index is 322. The van der Waals surface area contributed by atoms with Crippen LogP contribution in [0, 0.1) is 0 Å². The molecule has 1 N–H and O–H groups in total. The maximum atomic E-state index is 4.52. The van der Waals surface area contributed by atoms with Gasteiger partial charge in [-0.15, -0.1) is 0 Å². The Morgan fingerprint density at radius 3 is 3.07 bits per heavy atom. The minimum Gasteiger partial charge on any atom is -0.309 e. The van der Waals surface area contributed by atoms with E-state index in [1.165, 1.54) is 11.3 Å². The summed E-state index contributed by atoms with van der Waals surface area (Å²) in [4.78, 5) is 11.0. The molecule has 2 rings (SSSR count). The van der Waals surface area contributed by atoms with Crippen molar-refractivity contribution in [1.82, 2.24) is 20.2 Å². The highest BCUT2D eigenvalue weighted by atomic mass is 15.1. The van der Waals surface area contributed by atoms with Gasteiger partial charge < -0.3 is 10.2 Å². The van der Waals surface area contributed by atoms with E-state index in [-0.39, 0.29) is 0 Å². The average Bonchev–Trinajstić information content (AvgIpc) is 2.61.